The van der Waals surface area contributed by atoms with Crippen molar-refractivity contribution < 1.29 is 4.79 Å². The fourth-order valence-corrected chi connectivity index (χ4v) is 2.49. The average molecular weight is 229 g/mol. The maximum atomic E-state index is 11.0. The summed E-state index contributed by atoms with van der Waals surface area (Å²) in [4.78, 5) is 11.0. The van der Waals surface area contributed by atoms with E-state index in [0.717, 1.165) is 19.3 Å². The summed E-state index contributed by atoms with van der Waals surface area (Å²) in [6, 6.07) is 2.25. The van der Waals surface area contributed by atoms with Crippen LogP contribution in [0.4, 0.5) is 0 Å². The molecule has 0 aromatic heterocycles. The number of nitrogens with zero attached hydrogens (tertiary/aromatic N) is 1. The molecule has 15 heavy (non-hydrogen) atoms. The Bertz CT molecular complexity index is 262. The lowest BCUT2D eigenvalue weighted by molar-refractivity contribution is -0.120. The molecule has 84 valence electrons. The number of rotatable bonds is 3. The van der Waals surface area contributed by atoms with Crippen molar-refractivity contribution in [1.82, 2.24) is 5.32 Å². The van der Waals surface area contributed by atoms with E-state index in [2.05, 4.69) is 5.32 Å². The highest BCUT2D eigenvalue weighted by atomic mass is 35.5. The summed E-state index contributed by atoms with van der Waals surface area (Å²) in [5.74, 6) is 0.375. The van der Waals surface area contributed by atoms with Crippen LogP contribution in [0.3, 0.4) is 0 Å². The van der Waals surface area contributed by atoms with E-state index in [4.69, 9.17) is 16.9 Å². The van der Waals surface area contributed by atoms with Crippen LogP contribution in [0.25, 0.3) is 0 Å². The number of carbonyl (C=O) groups is 1. The molecule has 0 aromatic carbocycles. The first-order valence-electron chi connectivity index (χ1n) is 5.44. The van der Waals surface area contributed by atoms with Crippen molar-refractivity contribution in [3.8, 4) is 6.07 Å². The van der Waals surface area contributed by atoms with Crippen molar-refractivity contribution in [2.24, 2.45) is 5.92 Å². The fourth-order valence-electron chi connectivity index (χ4n) is 2.26. The van der Waals surface area contributed by atoms with Crippen LogP contribution in [-0.2, 0) is 4.79 Å². The second kappa shape index (κ2) is 5.97. The van der Waals surface area contributed by atoms with E-state index >= 15 is 0 Å². The second-order valence-corrected chi connectivity index (χ2v) is 4.71. The largest absolute Gasteiger partial charge is 0.353 e. The van der Waals surface area contributed by atoms with Crippen LogP contribution < -0.4 is 5.32 Å². The molecule has 3 atom stereocenters. The zero-order valence-corrected chi connectivity index (χ0v) is 9.76. The van der Waals surface area contributed by atoms with Gasteiger partial charge in [-0.3, -0.25) is 4.79 Å². The van der Waals surface area contributed by atoms with Gasteiger partial charge in [0.15, 0.2) is 0 Å². The first-order chi connectivity index (χ1) is 7.13. The van der Waals surface area contributed by atoms with Crippen molar-refractivity contribution in [2.45, 2.75) is 50.4 Å². The zero-order valence-electron chi connectivity index (χ0n) is 9.00. The molecular formula is C11H17ClN2O. The van der Waals surface area contributed by atoms with Crippen molar-refractivity contribution in [3.05, 3.63) is 0 Å². The molecule has 1 unspecified atom stereocenters. The van der Waals surface area contributed by atoms with E-state index < -0.39 is 5.38 Å². The minimum Gasteiger partial charge on any atom is -0.353 e. The van der Waals surface area contributed by atoms with Crippen molar-refractivity contribution in [1.29, 1.82) is 5.26 Å². The topological polar surface area (TPSA) is 52.9 Å². The van der Waals surface area contributed by atoms with Gasteiger partial charge in [-0.2, -0.15) is 5.26 Å². The molecule has 0 saturated heterocycles. The average Bonchev–Trinajstić information content (AvgIpc) is 2.20. The molecule has 4 heteroatoms. The molecule has 1 rings (SSSR count). The van der Waals surface area contributed by atoms with Crippen molar-refractivity contribution >= 4 is 17.5 Å². The molecule has 0 bridgehead atoms. The van der Waals surface area contributed by atoms with Gasteiger partial charge in [0.25, 0.3) is 0 Å². The molecule has 0 heterocycles. The number of alkyl halides is 1. The Labute approximate surface area is 95.8 Å². The SMILES string of the molecule is CC(=O)N[C@@H]1CCCC[C@H]1CC(Cl)C#N. The number of halogens is 1. The zero-order chi connectivity index (χ0) is 11.3. The van der Waals surface area contributed by atoms with Gasteiger partial charge in [-0.25, -0.2) is 0 Å². The van der Waals surface area contributed by atoms with Crippen LogP contribution in [-0.4, -0.2) is 17.3 Å². The minimum absolute atomic E-state index is 0.00924. The van der Waals surface area contributed by atoms with Gasteiger partial charge in [0, 0.05) is 13.0 Å². The lowest BCUT2D eigenvalue weighted by Gasteiger charge is -2.32. The smallest absolute Gasteiger partial charge is 0.217 e. The number of nitrogens with one attached hydrogen (secondary N) is 1. The summed E-state index contributed by atoms with van der Waals surface area (Å²) < 4.78 is 0. The van der Waals surface area contributed by atoms with Gasteiger partial charge in [0.2, 0.25) is 5.91 Å². The quantitative estimate of drug-likeness (QED) is 0.753. The van der Waals surface area contributed by atoms with Gasteiger partial charge in [-0.1, -0.05) is 12.8 Å². The monoisotopic (exact) mass is 228 g/mol. The molecular weight excluding hydrogens is 212 g/mol. The van der Waals surface area contributed by atoms with Crippen LogP contribution in [0, 0.1) is 17.2 Å². The van der Waals surface area contributed by atoms with Gasteiger partial charge < -0.3 is 5.32 Å². The van der Waals surface area contributed by atoms with E-state index in [9.17, 15) is 4.79 Å². The summed E-state index contributed by atoms with van der Waals surface area (Å²) in [7, 11) is 0. The third-order valence-electron chi connectivity index (χ3n) is 2.95. The molecule has 3 nitrogen and oxygen atoms in total. The lowest BCUT2D eigenvalue weighted by Crippen LogP contribution is -2.41. The normalized spacial score (nSPS) is 27.8. The lowest BCUT2D eigenvalue weighted by atomic mass is 9.81. The van der Waals surface area contributed by atoms with E-state index in [1.165, 1.54) is 13.3 Å². The Balaban J connectivity index is 2.50. The number of hydrogen-bond acceptors (Lipinski definition) is 2. The predicted octanol–water partition coefficient (Wildman–Crippen LogP) is 2.20. The highest BCUT2D eigenvalue weighted by Crippen LogP contribution is 2.29. The van der Waals surface area contributed by atoms with Gasteiger partial charge in [0.05, 0.1) is 6.07 Å². The molecule has 0 aromatic rings. The van der Waals surface area contributed by atoms with Crippen LogP contribution in [0.15, 0.2) is 0 Å². The first-order valence-corrected chi connectivity index (χ1v) is 5.88. The third kappa shape index (κ3) is 4.09. The second-order valence-electron chi connectivity index (χ2n) is 4.18. The number of nitriles is 1. The molecule has 1 N–H and O–H groups in total. The molecule has 0 spiro atoms. The fraction of sp³-hybridized carbons (Fsp3) is 0.818. The van der Waals surface area contributed by atoms with Crippen LogP contribution in [0.1, 0.15) is 39.0 Å². The van der Waals surface area contributed by atoms with Crippen LogP contribution in [0.5, 0.6) is 0 Å². The Morgan fingerprint density at radius 3 is 2.87 bits per heavy atom. The van der Waals surface area contributed by atoms with E-state index in [-0.39, 0.29) is 11.9 Å². The molecule has 1 saturated carbocycles. The van der Waals surface area contributed by atoms with Crippen molar-refractivity contribution in [3.63, 3.8) is 0 Å². The summed E-state index contributed by atoms with van der Waals surface area (Å²) in [5.41, 5.74) is 0. The van der Waals surface area contributed by atoms with E-state index in [1.54, 1.807) is 0 Å². The summed E-state index contributed by atoms with van der Waals surface area (Å²) in [6.07, 6.45) is 5.09. The standard InChI is InChI=1S/C11H17ClN2O/c1-8(15)14-11-5-3-2-4-9(11)6-10(12)7-13/h9-11H,2-6H2,1H3,(H,14,15)/t9-,10?,11+/m0/s1. The molecule has 0 radical (unpaired) electrons. The van der Waals surface area contributed by atoms with E-state index in [0.29, 0.717) is 12.3 Å². The first kappa shape index (κ1) is 12.3. The maximum absolute atomic E-state index is 11.0. The number of amides is 1. The summed E-state index contributed by atoms with van der Waals surface area (Å²) >= 11 is 5.83. The Kier molecular flexibility index (Phi) is 4.90. The molecule has 1 aliphatic carbocycles. The third-order valence-corrected chi connectivity index (χ3v) is 3.22. The summed E-state index contributed by atoms with van der Waals surface area (Å²) in [6.45, 7) is 1.54. The molecule has 1 aliphatic rings. The molecule has 1 fully saturated rings. The highest BCUT2D eigenvalue weighted by molar-refractivity contribution is 6.22. The Morgan fingerprint density at radius 1 is 1.60 bits per heavy atom. The molecule has 0 aliphatic heterocycles. The Morgan fingerprint density at radius 2 is 2.27 bits per heavy atom. The summed E-state index contributed by atoms with van der Waals surface area (Å²) in [5, 5.41) is 11.2. The highest BCUT2D eigenvalue weighted by Gasteiger charge is 2.27. The van der Waals surface area contributed by atoms with Gasteiger partial charge in [-0.05, 0) is 25.2 Å². The van der Waals surface area contributed by atoms with Crippen LogP contribution >= 0.6 is 11.6 Å². The van der Waals surface area contributed by atoms with Gasteiger partial charge >= 0.3 is 0 Å². The van der Waals surface area contributed by atoms with E-state index in [1.807, 2.05) is 6.07 Å². The van der Waals surface area contributed by atoms with Gasteiger partial charge in [-0.15, -0.1) is 11.6 Å². The minimum atomic E-state index is -0.427. The predicted molar refractivity (Wildman–Crippen MR) is 59.4 cm³/mol. The van der Waals surface area contributed by atoms with Crippen LogP contribution in [0.2, 0.25) is 0 Å². The number of hydrogen-bond donors (Lipinski definition) is 1. The molecule has 1 amide bonds. The Hall–Kier alpha value is -0.750. The van der Waals surface area contributed by atoms with Gasteiger partial charge in [0.1, 0.15) is 5.38 Å². The van der Waals surface area contributed by atoms with Crippen molar-refractivity contribution in [2.75, 3.05) is 0 Å². The maximum Gasteiger partial charge on any atom is 0.217 e. The number of carbonyl (C=O) groups excluding carboxylic acids is 1.